The lowest BCUT2D eigenvalue weighted by Gasteiger charge is -2.18. The van der Waals surface area contributed by atoms with Crippen molar-refractivity contribution < 1.29 is 24.2 Å². The van der Waals surface area contributed by atoms with E-state index in [4.69, 9.17) is 16.3 Å². The summed E-state index contributed by atoms with van der Waals surface area (Å²) in [7, 11) is 0. The maximum Gasteiger partial charge on any atom is 0.342 e. The molecule has 2 aromatic rings. The zero-order chi connectivity index (χ0) is 20.7. The lowest BCUT2D eigenvalue weighted by atomic mass is 10.1. The van der Waals surface area contributed by atoms with Gasteiger partial charge >= 0.3 is 5.97 Å². The van der Waals surface area contributed by atoms with Crippen molar-refractivity contribution in [3.63, 3.8) is 0 Å². The second-order valence-corrected chi connectivity index (χ2v) is 6.28. The lowest BCUT2D eigenvalue weighted by Crippen LogP contribution is -2.30. The number of benzene rings is 2. The average molecular weight is 405 g/mol. The smallest absolute Gasteiger partial charge is 0.342 e. The van der Waals surface area contributed by atoms with E-state index in [1.807, 2.05) is 13.8 Å². The first-order chi connectivity index (χ1) is 13.3. The Morgan fingerprint density at radius 1 is 1.07 bits per heavy atom. The third kappa shape index (κ3) is 5.47. The number of hydrogen-bond donors (Lipinski definition) is 2. The molecule has 0 spiro atoms. The second-order valence-electron chi connectivity index (χ2n) is 5.84. The molecule has 0 aromatic heterocycles. The van der Waals surface area contributed by atoms with E-state index >= 15 is 0 Å². The predicted molar refractivity (Wildman–Crippen MR) is 106 cm³/mol. The molecule has 148 valence electrons. The van der Waals surface area contributed by atoms with Gasteiger partial charge in [0.1, 0.15) is 11.3 Å². The van der Waals surface area contributed by atoms with Crippen LogP contribution in [-0.2, 0) is 9.53 Å². The molecule has 0 bridgehead atoms. The molecule has 2 amide bonds. The van der Waals surface area contributed by atoms with Crippen molar-refractivity contribution in [1.82, 2.24) is 4.90 Å². The van der Waals surface area contributed by atoms with Crippen LogP contribution < -0.4 is 5.32 Å². The van der Waals surface area contributed by atoms with E-state index in [-0.39, 0.29) is 22.2 Å². The summed E-state index contributed by atoms with van der Waals surface area (Å²) < 4.78 is 4.89. The molecule has 0 saturated heterocycles. The number of halogens is 1. The number of anilines is 1. The molecule has 0 aliphatic rings. The Hall–Kier alpha value is -3.06. The van der Waals surface area contributed by atoms with Gasteiger partial charge in [-0.1, -0.05) is 11.6 Å². The largest absolute Gasteiger partial charge is 0.507 e. The molecule has 0 atom stereocenters. The third-order valence-electron chi connectivity index (χ3n) is 3.98. The van der Waals surface area contributed by atoms with Gasteiger partial charge in [-0.25, -0.2) is 4.79 Å². The van der Waals surface area contributed by atoms with E-state index in [9.17, 15) is 19.5 Å². The summed E-state index contributed by atoms with van der Waals surface area (Å²) >= 11 is 5.78. The van der Waals surface area contributed by atoms with Crippen molar-refractivity contribution >= 4 is 35.1 Å². The fourth-order valence-electron chi connectivity index (χ4n) is 2.47. The van der Waals surface area contributed by atoms with Gasteiger partial charge in [0.2, 0.25) is 0 Å². The maximum absolute atomic E-state index is 12.3. The molecular weight excluding hydrogens is 384 g/mol. The summed E-state index contributed by atoms with van der Waals surface area (Å²) in [6.45, 7) is 4.49. The van der Waals surface area contributed by atoms with Gasteiger partial charge in [-0.2, -0.15) is 0 Å². The lowest BCUT2D eigenvalue weighted by molar-refractivity contribution is -0.119. The van der Waals surface area contributed by atoms with Crippen LogP contribution in [0.15, 0.2) is 42.5 Å². The number of nitrogens with one attached hydrogen (secondary N) is 1. The number of ether oxygens (including phenoxy) is 1. The SMILES string of the molecule is CCN(CC)C(=O)c1ccc(NC(=O)COC(=O)c2cc(Cl)ccc2O)cc1. The predicted octanol–water partition coefficient (Wildman–Crippen LogP) is 3.32. The number of carbonyl (C=O) groups is 3. The summed E-state index contributed by atoms with van der Waals surface area (Å²) in [5.41, 5.74) is 0.854. The van der Waals surface area contributed by atoms with Gasteiger partial charge in [-0.15, -0.1) is 0 Å². The monoisotopic (exact) mass is 404 g/mol. The second kappa shape index (κ2) is 9.75. The van der Waals surface area contributed by atoms with Gasteiger partial charge in [0, 0.05) is 29.4 Å². The summed E-state index contributed by atoms with van der Waals surface area (Å²) in [5.74, 6) is -1.80. The van der Waals surface area contributed by atoms with Crippen molar-refractivity contribution in [3.05, 3.63) is 58.6 Å². The number of esters is 1. The van der Waals surface area contributed by atoms with Crippen LogP contribution in [0, 0.1) is 0 Å². The number of aromatic hydroxyl groups is 1. The zero-order valence-electron chi connectivity index (χ0n) is 15.6. The molecule has 2 N–H and O–H groups in total. The molecule has 0 aliphatic carbocycles. The van der Waals surface area contributed by atoms with Crippen LogP contribution in [0.25, 0.3) is 0 Å². The Bertz CT molecular complexity index is 863. The normalized spacial score (nSPS) is 10.2. The Labute approximate surface area is 167 Å². The molecule has 0 fully saturated rings. The first-order valence-corrected chi connectivity index (χ1v) is 9.08. The van der Waals surface area contributed by atoms with Crippen molar-refractivity contribution in [2.45, 2.75) is 13.8 Å². The summed E-state index contributed by atoms with van der Waals surface area (Å²) in [6, 6.07) is 10.4. The molecular formula is C20H21ClN2O5. The standard InChI is InChI=1S/C20H21ClN2O5/c1-3-23(4-2)19(26)13-5-8-15(9-6-13)22-18(25)12-28-20(27)16-11-14(21)7-10-17(16)24/h5-11,24H,3-4,12H2,1-2H3,(H,22,25). The van der Waals surface area contributed by atoms with Crippen LogP contribution in [0.3, 0.4) is 0 Å². The Kier molecular flexibility index (Phi) is 7.40. The van der Waals surface area contributed by atoms with Crippen molar-refractivity contribution in [2.24, 2.45) is 0 Å². The Balaban J connectivity index is 1.92. The van der Waals surface area contributed by atoms with Gasteiger partial charge in [0.15, 0.2) is 6.61 Å². The van der Waals surface area contributed by atoms with Crippen molar-refractivity contribution in [1.29, 1.82) is 0 Å². The number of phenols is 1. The molecule has 28 heavy (non-hydrogen) atoms. The van der Waals surface area contributed by atoms with Crippen LogP contribution >= 0.6 is 11.6 Å². The zero-order valence-corrected chi connectivity index (χ0v) is 16.3. The number of carbonyl (C=O) groups excluding carboxylic acids is 3. The van der Waals surface area contributed by atoms with Crippen LogP contribution in [0.1, 0.15) is 34.6 Å². The summed E-state index contributed by atoms with van der Waals surface area (Å²) in [4.78, 5) is 37.9. The Morgan fingerprint density at radius 2 is 1.71 bits per heavy atom. The number of phenolic OH excluding ortho intramolecular Hbond substituents is 1. The average Bonchev–Trinajstić information content (AvgIpc) is 2.69. The van der Waals surface area contributed by atoms with Crippen molar-refractivity contribution in [3.8, 4) is 5.75 Å². The molecule has 0 saturated carbocycles. The summed E-state index contributed by atoms with van der Waals surface area (Å²) in [6.07, 6.45) is 0. The topological polar surface area (TPSA) is 95.9 Å². The summed E-state index contributed by atoms with van der Waals surface area (Å²) in [5, 5.41) is 12.5. The van der Waals surface area contributed by atoms with Crippen LogP contribution in [0.4, 0.5) is 5.69 Å². The van der Waals surface area contributed by atoms with E-state index in [0.717, 1.165) is 0 Å². The molecule has 2 rings (SSSR count). The van der Waals surface area contributed by atoms with Gasteiger partial charge in [0.05, 0.1) is 0 Å². The maximum atomic E-state index is 12.3. The van der Waals surface area contributed by atoms with Gasteiger partial charge in [-0.3, -0.25) is 9.59 Å². The third-order valence-corrected chi connectivity index (χ3v) is 4.21. The van der Waals surface area contributed by atoms with E-state index in [0.29, 0.717) is 24.3 Å². The quantitative estimate of drug-likeness (QED) is 0.690. The molecule has 0 aliphatic heterocycles. The van der Waals surface area contributed by atoms with Crippen molar-refractivity contribution in [2.75, 3.05) is 25.0 Å². The highest BCUT2D eigenvalue weighted by molar-refractivity contribution is 6.31. The fraction of sp³-hybridized carbons (Fsp3) is 0.250. The first-order valence-electron chi connectivity index (χ1n) is 8.70. The van der Waals surface area contributed by atoms with E-state index in [2.05, 4.69) is 5.32 Å². The van der Waals surface area contributed by atoms with Gasteiger partial charge in [0.25, 0.3) is 11.8 Å². The van der Waals surface area contributed by atoms with Crippen LogP contribution in [0.2, 0.25) is 5.02 Å². The van der Waals surface area contributed by atoms with Gasteiger partial charge < -0.3 is 20.1 Å². The number of hydrogen-bond acceptors (Lipinski definition) is 5. The highest BCUT2D eigenvalue weighted by atomic mass is 35.5. The molecule has 7 nitrogen and oxygen atoms in total. The molecule has 0 unspecified atom stereocenters. The minimum absolute atomic E-state index is 0.0851. The minimum Gasteiger partial charge on any atom is -0.507 e. The Morgan fingerprint density at radius 3 is 2.32 bits per heavy atom. The number of rotatable bonds is 7. The van der Waals surface area contributed by atoms with Crippen LogP contribution in [0.5, 0.6) is 5.75 Å². The molecule has 0 heterocycles. The number of amides is 2. The van der Waals surface area contributed by atoms with E-state index in [1.54, 1.807) is 29.2 Å². The first kappa shape index (κ1) is 21.2. The van der Waals surface area contributed by atoms with E-state index < -0.39 is 18.5 Å². The van der Waals surface area contributed by atoms with Crippen LogP contribution in [-0.4, -0.2) is 47.5 Å². The number of nitrogens with zero attached hydrogens (tertiary/aromatic N) is 1. The molecule has 0 radical (unpaired) electrons. The molecule has 8 heteroatoms. The molecule has 2 aromatic carbocycles. The van der Waals surface area contributed by atoms with Gasteiger partial charge in [-0.05, 0) is 56.3 Å². The fourth-order valence-corrected chi connectivity index (χ4v) is 2.64. The minimum atomic E-state index is -0.865. The highest BCUT2D eigenvalue weighted by Gasteiger charge is 2.16. The van der Waals surface area contributed by atoms with E-state index in [1.165, 1.54) is 18.2 Å². The highest BCUT2D eigenvalue weighted by Crippen LogP contribution is 2.22.